The quantitative estimate of drug-likeness (QED) is 0.621. The van der Waals surface area contributed by atoms with Crippen LogP contribution in [0.4, 0.5) is 10.1 Å². The Morgan fingerprint density at radius 2 is 2.17 bits per heavy atom. The molecule has 0 spiro atoms. The molecule has 12 heavy (non-hydrogen) atoms. The lowest BCUT2D eigenvalue weighted by Gasteiger charge is -2.08. The van der Waals surface area contributed by atoms with Gasteiger partial charge >= 0.3 is 0 Å². The minimum Gasteiger partial charge on any atom is -0.396 e. The monoisotopic (exact) mass is 279 g/mol. The van der Waals surface area contributed by atoms with Gasteiger partial charge in [-0.05, 0) is 47.6 Å². The van der Waals surface area contributed by atoms with E-state index >= 15 is 0 Å². The zero-order chi connectivity index (χ0) is 9.30. The third kappa shape index (κ3) is 1.55. The van der Waals surface area contributed by atoms with Crippen LogP contribution in [0.1, 0.15) is 18.1 Å². The molecule has 66 valence electrons. The van der Waals surface area contributed by atoms with Gasteiger partial charge in [-0.3, -0.25) is 0 Å². The summed E-state index contributed by atoms with van der Waals surface area (Å²) in [5, 5.41) is 0. The Labute approximate surface area is 85.3 Å². The summed E-state index contributed by atoms with van der Waals surface area (Å²) in [7, 11) is 0. The summed E-state index contributed by atoms with van der Waals surface area (Å²) >= 11 is 2.15. The van der Waals surface area contributed by atoms with Crippen LogP contribution in [0.25, 0.3) is 0 Å². The maximum Gasteiger partial charge on any atom is 0.150 e. The fraction of sp³-hybridized carbons (Fsp3) is 0.333. The lowest BCUT2D eigenvalue weighted by Crippen LogP contribution is -2.01. The average molecular weight is 279 g/mol. The molecular weight excluding hydrogens is 268 g/mol. The second kappa shape index (κ2) is 3.60. The van der Waals surface area contributed by atoms with Crippen molar-refractivity contribution in [2.45, 2.75) is 20.3 Å². The van der Waals surface area contributed by atoms with Gasteiger partial charge in [-0.15, -0.1) is 0 Å². The lowest BCUT2D eigenvalue weighted by molar-refractivity contribution is 0.615. The van der Waals surface area contributed by atoms with E-state index in [0.29, 0.717) is 6.42 Å². The third-order valence-corrected chi connectivity index (χ3v) is 3.36. The molecule has 0 fully saturated rings. The molecular formula is C9H11FIN. The van der Waals surface area contributed by atoms with Crippen LogP contribution in [-0.4, -0.2) is 0 Å². The van der Waals surface area contributed by atoms with Gasteiger partial charge in [0, 0.05) is 9.13 Å². The van der Waals surface area contributed by atoms with Crippen molar-refractivity contribution in [3.8, 4) is 0 Å². The van der Waals surface area contributed by atoms with E-state index in [2.05, 4.69) is 22.6 Å². The van der Waals surface area contributed by atoms with E-state index in [0.717, 1.165) is 14.7 Å². The molecule has 0 aliphatic rings. The van der Waals surface area contributed by atoms with Gasteiger partial charge in [-0.25, -0.2) is 4.39 Å². The second-order valence-electron chi connectivity index (χ2n) is 2.74. The van der Waals surface area contributed by atoms with Crippen LogP contribution in [-0.2, 0) is 6.42 Å². The molecule has 1 aromatic rings. The van der Waals surface area contributed by atoms with Crippen molar-refractivity contribution in [3.05, 3.63) is 26.6 Å². The lowest BCUT2D eigenvalue weighted by atomic mass is 10.1. The maximum atomic E-state index is 13.3. The second-order valence-corrected chi connectivity index (χ2v) is 3.82. The summed E-state index contributed by atoms with van der Waals surface area (Å²) in [6, 6.07) is 1.68. The normalized spacial score (nSPS) is 10.3. The molecule has 0 heterocycles. The van der Waals surface area contributed by atoms with E-state index in [4.69, 9.17) is 5.73 Å². The van der Waals surface area contributed by atoms with Gasteiger partial charge in [0.2, 0.25) is 0 Å². The van der Waals surface area contributed by atoms with Crippen molar-refractivity contribution >= 4 is 28.3 Å². The molecule has 0 bridgehead atoms. The summed E-state index contributed by atoms with van der Waals surface area (Å²) in [5.41, 5.74) is 7.52. The third-order valence-electron chi connectivity index (χ3n) is 1.86. The first-order chi connectivity index (χ1) is 5.57. The highest BCUT2D eigenvalue weighted by Crippen LogP contribution is 2.25. The molecule has 0 radical (unpaired) electrons. The van der Waals surface area contributed by atoms with Gasteiger partial charge in [0.15, 0.2) is 0 Å². The van der Waals surface area contributed by atoms with E-state index in [9.17, 15) is 4.39 Å². The SMILES string of the molecule is CCc1c(F)c(N)cc(C)c1I. The van der Waals surface area contributed by atoms with Crippen molar-refractivity contribution in [1.82, 2.24) is 0 Å². The molecule has 0 aliphatic carbocycles. The van der Waals surface area contributed by atoms with E-state index < -0.39 is 0 Å². The smallest absolute Gasteiger partial charge is 0.150 e. The van der Waals surface area contributed by atoms with Crippen molar-refractivity contribution in [1.29, 1.82) is 0 Å². The van der Waals surface area contributed by atoms with E-state index in [1.165, 1.54) is 0 Å². The maximum absolute atomic E-state index is 13.3. The molecule has 0 aliphatic heterocycles. The molecule has 0 saturated heterocycles. The highest BCUT2D eigenvalue weighted by atomic mass is 127. The first-order valence-electron chi connectivity index (χ1n) is 3.80. The number of anilines is 1. The number of halogens is 2. The molecule has 2 N–H and O–H groups in total. The number of nitrogen functional groups attached to an aromatic ring is 1. The fourth-order valence-electron chi connectivity index (χ4n) is 1.18. The largest absolute Gasteiger partial charge is 0.396 e. The number of benzene rings is 1. The summed E-state index contributed by atoms with van der Waals surface area (Å²) in [5.74, 6) is -0.257. The molecule has 1 nitrogen and oxygen atoms in total. The number of hydrogen-bond acceptors (Lipinski definition) is 1. The first kappa shape index (κ1) is 9.77. The zero-order valence-corrected chi connectivity index (χ0v) is 9.28. The fourth-order valence-corrected chi connectivity index (χ4v) is 1.95. The van der Waals surface area contributed by atoms with E-state index in [-0.39, 0.29) is 11.5 Å². The highest BCUT2D eigenvalue weighted by molar-refractivity contribution is 14.1. The van der Waals surface area contributed by atoms with Crippen LogP contribution < -0.4 is 5.73 Å². The first-order valence-corrected chi connectivity index (χ1v) is 4.88. The predicted molar refractivity (Wildman–Crippen MR) is 57.6 cm³/mol. The topological polar surface area (TPSA) is 26.0 Å². The zero-order valence-electron chi connectivity index (χ0n) is 7.12. The van der Waals surface area contributed by atoms with Gasteiger partial charge in [-0.2, -0.15) is 0 Å². The molecule has 1 aromatic carbocycles. The van der Waals surface area contributed by atoms with Crippen LogP contribution >= 0.6 is 22.6 Å². The Kier molecular flexibility index (Phi) is 2.93. The Morgan fingerprint density at radius 3 is 2.67 bits per heavy atom. The van der Waals surface area contributed by atoms with Crippen molar-refractivity contribution in [3.63, 3.8) is 0 Å². The highest BCUT2D eigenvalue weighted by Gasteiger charge is 2.10. The molecule has 0 aromatic heterocycles. The molecule has 0 amide bonds. The van der Waals surface area contributed by atoms with Crippen LogP contribution in [0.3, 0.4) is 0 Å². The van der Waals surface area contributed by atoms with Gasteiger partial charge in [0.25, 0.3) is 0 Å². The number of hydrogen-bond donors (Lipinski definition) is 1. The summed E-state index contributed by atoms with van der Waals surface area (Å²) in [6.45, 7) is 3.87. The molecule has 0 saturated carbocycles. The number of aryl methyl sites for hydroxylation is 1. The predicted octanol–water partition coefficient (Wildman–Crippen LogP) is 2.88. The Hall–Kier alpha value is -0.320. The van der Waals surface area contributed by atoms with Gasteiger partial charge in [-0.1, -0.05) is 6.92 Å². The van der Waals surface area contributed by atoms with Crippen molar-refractivity contribution < 1.29 is 4.39 Å². The van der Waals surface area contributed by atoms with E-state index in [1.807, 2.05) is 13.8 Å². The van der Waals surface area contributed by atoms with Crippen molar-refractivity contribution in [2.75, 3.05) is 5.73 Å². The molecule has 3 heteroatoms. The summed E-state index contributed by atoms with van der Waals surface area (Å²) < 4.78 is 14.3. The Balaban J connectivity index is 3.42. The van der Waals surface area contributed by atoms with E-state index in [1.54, 1.807) is 6.07 Å². The minimum atomic E-state index is -0.257. The molecule has 1 rings (SSSR count). The standard InChI is InChI=1S/C9H11FIN/c1-3-6-8(10)7(12)4-5(2)9(6)11/h4H,3,12H2,1-2H3. The van der Waals surface area contributed by atoms with Gasteiger partial charge < -0.3 is 5.73 Å². The van der Waals surface area contributed by atoms with Crippen LogP contribution in [0, 0.1) is 16.3 Å². The Bertz CT molecular complexity index is 284. The van der Waals surface area contributed by atoms with Crippen LogP contribution in [0.5, 0.6) is 0 Å². The number of nitrogens with two attached hydrogens (primary N) is 1. The summed E-state index contributed by atoms with van der Waals surface area (Å²) in [4.78, 5) is 0. The summed E-state index contributed by atoms with van der Waals surface area (Å²) in [6.07, 6.45) is 0.690. The minimum absolute atomic E-state index is 0.254. The average Bonchev–Trinajstić information content (AvgIpc) is 2.02. The molecule has 0 atom stereocenters. The Morgan fingerprint density at radius 1 is 1.58 bits per heavy atom. The van der Waals surface area contributed by atoms with Gasteiger partial charge in [0.1, 0.15) is 5.82 Å². The molecule has 0 unspecified atom stereocenters. The van der Waals surface area contributed by atoms with Gasteiger partial charge in [0.05, 0.1) is 5.69 Å². The van der Waals surface area contributed by atoms with Crippen molar-refractivity contribution in [2.24, 2.45) is 0 Å². The number of rotatable bonds is 1. The van der Waals surface area contributed by atoms with Crippen LogP contribution in [0.15, 0.2) is 6.07 Å². The van der Waals surface area contributed by atoms with Crippen LogP contribution in [0.2, 0.25) is 0 Å².